The number of carbonyl (C=O) groups excluding carboxylic acids is 1. The van der Waals surface area contributed by atoms with Gasteiger partial charge in [-0.05, 0) is 30.3 Å². The largest absolute Gasteiger partial charge is 0.352 e. The minimum Gasteiger partial charge on any atom is -0.352 e. The van der Waals surface area contributed by atoms with Crippen molar-refractivity contribution in [1.82, 2.24) is 9.88 Å². The van der Waals surface area contributed by atoms with Crippen LogP contribution in [0.5, 0.6) is 0 Å². The number of amides is 1. The van der Waals surface area contributed by atoms with E-state index >= 15 is 0 Å². The van der Waals surface area contributed by atoms with Gasteiger partial charge >= 0.3 is 0 Å². The topological polar surface area (TPSA) is 36.4 Å². The molecular weight excluding hydrogens is 357 g/mol. The number of halogens is 3. The minimum atomic E-state index is 0.0106. The molecule has 4 nitrogen and oxygen atoms in total. The van der Waals surface area contributed by atoms with Crippen molar-refractivity contribution in [3.8, 4) is 0 Å². The maximum atomic E-state index is 12.5. The lowest BCUT2D eigenvalue weighted by molar-refractivity contribution is 0.0746. The van der Waals surface area contributed by atoms with Crippen LogP contribution in [0.1, 0.15) is 10.4 Å². The summed E-state index contributed by atoms with van der Waals surface area (Å²) in [7, 11) is 0. The SMILES string of the molecule is O=C(c1ccc(Cl)cc1)N1CCN(c2ncc(Cl)cc2Cl)CC1. The Morgan fingerprint density at radius 1 is 0.957 bits per heavy atom. The normalized spacial score (nSPS) is 14.9. The number of aromatic nitrogens is 1. The molecule has 0 saturated carbocycles. The maximum absolute atomic E-state index is 12.5. The van der Waals surface area contributed by atoms with Crippen molar-refractivity contribution in [3.05, 3.63) is 57.2 Å². The fourth-order valence-electron chi connectivity index (χ4n) is 2.54. The van der Waals surface area contributed by atoms with Gasteiger partial charge in [0.2, 0.25) is 0 Å². The first-order chi connectivity index (χ1) is 11.0. The summed E-state index contributed by atoms with van der Waals surface area (Å²) in [5.41, 5.74) is 0.644. The number of hydrogen-bond acceptors (Lipinski definition) is 3. The molecule has 0 aliphatic carbocycles. The molecule has 7 heteroatoms. The summed E-state index contributed by atoms with van der Waals surface area (Å²) in [4.78, 5) is 20.6. The van der Waals surface area contributed by atoms with Gasteiger partial charge in [0.1, 0.15) is 5.82 Å². The molecular formula is C16H14Cl3N3O. The van der Waals surface area contributed by atoms with E-state index in [4.69, 9.17) is 34.8 Å². The molecule has 3 rings (SSSR count). The highest BCUT2D eigenvalue weighted by Crippen LogP contribution is 2.27. The predicted molar refractivity (Wildman–Crippen MR) is 93.8 cm³/mol. The zero-order chi connectivity index (χ0) is 16.4. The Morgan fingerprint density at radius 2 is 1.61 bits per heavy atom. The monoisotopic (exact) mass is 369 g/mol. The van der Waals surface area contributed by atoms with Crippen LogP contribution >= 0.6 is 34.8 Å². The van der Waals surface area contributed by atoms with Crippen LogP contribution in [0.3, 0.4) is 0 Å². The van der Waals surface area contributed by atoms with Crippen molar-refractivity contribution in [3.63, 3.8) is 0 Å². The number of nitrogens with zero attached hydrogens (tertiary/aromatic N) is 3. The highest BCUT2D eigenvalue weighted by molar-refractivity contribution is 6.36. The van der Waals surface area contributed by atoms with Crippen LogP contribution in [0.2, 0.25) is 15.1 Å². The summed E-state index contributed by atoms with van der Waals surface area (Å²) in [5, 5.41) is 1.65. The zero-order valence-corrected chi connectivity index (χ0v) is 14.4. The van der Waals surface area contributed by atoms with Crippen LogP contribution in [0.4, 0.5) is 5.82 Å². The molecule has 0 unspecified atom stereocenters. The Kier molecular flexibility index (Phi) is 4.95. The van der Waals surface area contributed by atoms with E-state index in [1.165, 1.54) is 0 Å². The zero-order valence-electron chi connectivity index (χ0n) is 12.2. The number of anilines is 1. The van der Waals surface area contributed by atoms with Crippen LogP contribution in [-0.4, -0.2) is 42.0 Å². The van der Waals surface area contributed by atoms with E-state index in [1.807, 2.05) is 4.90 Å². The molecule has 1 aliphatic rings. The van der Waals surface area contributed by atoms with E-state index in [0.717, 1.165) is 0 Å². The van der Waals surface area contributed by atoms with Gasteiger partial charge in [0.15, 0.2) is 0 Å². The van der Waals surface area contributed by atoms with Crippen LogP contribution < -0.4 is 4.90 Å². The van der Waals surface area contributed by atoms with Crippen LogP contribution in [0.15, 0.2) is 36.5 Å². The van der Waals surface area contributed by atoms with Gasteiger partial charge < -0.3 is 9.80 Å². The molecule has 0 radical (unpaired) electrons. The van der Waals surface area contributed by atoms with E-state index in [2.05, 4.69) is 9.88 Å². The quantitative estimate of drug-likeness (QED) is 0.801. The molecule has 1 aromatic heterocycles. The molecule has 1 amide bonds. The van der Waals surface area contributed by atoms with E-state index in [1.54, 1.807) is 36.5 Å². The smallest absolute Gasteiger partial charge is 0.253 e. The van der Waals surface area contributed by atoms with Gasteiger partial charge in [-0.1, -0.05) is 34.8 Å². The Hall–Kier alpha value is -1.49. The number of piperazine rings is 1. The molecule has 0 atom stereocenters. The predicted octanol–water partition coefficient (Wildman–Crippen LogP) is 4.00. The Labute approximate surface area is 149 Å². The summed E-state index contributed by atoms with van der Waals surface area (Å²) < 4.78 is 0. The highest BCUT2D eigenvalue weighted by atomic mass is 35.5. The fraction of sp³-hybridized carbons (Fsp3) is 0.250. The second-order valence-corrected chi connectivity index (χ2v) is 6.53. The second-order valence-electron chi connectivity index (χ2n) is 5.25. The van der Waals surface area contributed by atoms with Gasteiger partial charge in [0.25, 0.3) is 5.91 Å². The molecule has 1 aliphatic heterocycles. The third kappa shape index (κ3) is 3.71. The van der Waals surface area contributed by atoms with E-state index in [0.29, 0.717) is 52.6 Å². The highest BCUT2D eigenvalue weighted by Gasteiger charge is 2.24. The van der Waals surface area contributed by atoms with Gasteiger partial charge in [0.05, 0.1) is 10.0 Å². The molecule has 1 aromatic carbocycles. The second kappa shape index (κ2) is 6.95. The van der Waals surface area contributed by atoms with Crippen molar-refractivity contribution in [1.29, 1.82) is 0 Å². The first kappa shape index (κ1) is 16.4. The van der Waals surface area contributed by atoms with Gasteiger partial charge in [-0.3, -0.25) is 4.79 Å². The van der Waals surface area contributed by atoms with Crippen LogP contribution in [-0.2, 0) is 0 Å². The number of hydrogen-bond donors (Lipinski definition) is 0. The van der Waals surface area contributed by atoms with Gasteiger partial charge in [-0.2, -0.15) is 0 Å². The lowest BCUT2D eigenvalue weighted by Crippen LogP contribution is -2.49. The number of benzene rings is 1. The first-order valence-electron chi connectivity index (χ1n) is 7.15. The summed E-state index contributed by atoms with van der Waals surface area (Å²) in [6.07, 6.45) is 1.58. The fourth-order valence-corrected chi connectivity index (χ4v) is 3.16. The summed E-state index contributed by atoms with van der Waals surface area (Å²) in [6, 6.07) is 8.62. The van der Waals surface area contributed by atoms with E-state index in [-0.39, 0.29) is 5.91 Å². The Bertz CT molecular complexity index is 713. The van der Waals surface area contributed by atoms with Crippen LogP contribution in [0.25, 0.3) is 0 Å². The summed E-state index contributed by atoms with van der Waals surface area (Å²) in [6.45, 7) is 2.57. The number of rotatable bonds is 2. The molecule has 0 N–H and O–H groups in total. The van der Waals surface area contributed by atoms with Gasteiger partial charge in [-0.25, -0.2) is 4.98 Å². The standard InChI is InChI=1S/C16H14Cl3N3O/c17-12-3-1-11(2-4-12)16(23)22-7-5-21(6-8-22)15-14(19)9-13(18)10-20-15/h1-4,9-10H,5-8H2. The molecule has 23 heavy (non-hydrogen) atoms. The number of carbonyl (C=O) groups is 1. The summed E-state index contributed by atoms with van der Waals surface area (Å²) >= 11 is 17.9. The van der Waals surface area contributed by atoms with E-state index in [9.17, 15) is 4.79 Å². The Balaban J connectivity index is 1.66. The van der Waals surface area contributed by atoms with Crippen molar-refractivity contribution in [2.75, 3.05) is 31.1 Å². The maximum Gasteiger partial charge on any atom is 0.253 e. The molecule has 0 spiro atoms. The van der Waals surface area contributed by atoms with Crippen molar-refractivity contribution >= 4 is 46.5 Å². The average Bonchev–Trinajstić information content (AvgIpc) is 2.55. The third-order valence-electron chi connectivity index (χ3n) is 3.75. The lowest BCUT2D eigenvalue weighted by Gasteiger charge is -2.35. The van der Waals surface area contributed by atoms with Gasteiger partial charge in [-0.15, -0.1) is 0 Å². The van der Waals surface area contributed by atoms with Crippen molar-refractivity contribution in [2.24, 2.45) is 0 Å². The van der Waals surface area contributed by atoms with Gasteiger partial charge in [0, 0.05) is 43.0 Å². The Morgan fingerprint density at radius 3 is 2.22 bits per heavy atom. The molecule has 0 bridgehead atoms. The summed E-state index contributed by atoms with van der Waals surface area (Å²) in [5.74, 6) is 0.714. The third-order valence-corrected chi connectivity index (χ3v) is 4.48. The average molecular weight is 371 g/mol. The van der Waals surface area contributed by atoms with E-state index < -0.39 is 0 Å². The molecule has 2 aromatic rings. The molecule has 1 fully saturated rings. The first-order valence-corrected chi connectivity index (χ1v) is 8.29. The molecule has 1 saturated heterocycles. The number of pyridine rings is 1. The van der Waals surface area contributed by atoms with Crippen LogP contribution in [0, 0.1) is 0 Å². The lowest BCUT2D eigenvalue weighted by atomic mass is 10.2. The van der Waals surface area contributed by atoms with Crippen molar-refractivity contribution in [2.45, 2.75) is 0 Å². The minimum absolute atomic E-state index is 0.0106. The molecule has 120 valence electrons. The molecule has 2 heterocycles. The van der Waals surface area contributed by atoms with Crippen molar-refractivity contribution < 1.29 is 4.79 Å².